The first kappa shape index (κ1) is 18.0. The molecule has 140 valence electrons. The van der Waals surface area contributed by atoms with Gasteiger partial charge in [-0.1, -0.05) is 29.8 Å². The first-order valence-corrected chi connectivity index (χ1v) is 9.48. The summed E-state index contributed by atoms with van der Waals surface area (Å²) in [5.74, 6) is -0.507. The number of piperazine rings is 1. The van der Waals surface area contributed by atoms with Crippen molar-refractivity contribution in [1.82, 2.24) is 9.80 Å². The molecule has 0 N–H and O–H groups in total. The van der Waals surface area contributed by atoms with Crippen molar-refractivity contribution in [3.63, 3.8) is 0 Å². The van der Waals surface area contributed by atoms with Gasteiger partial charge in [-0.25, -0.2) is 4.39 Å². The number of carbonyl (C=O) groups excluding carboxylic acids is 2. The smallest absolute Gasteiger partial charge is 0.254 e. The molecule has 0 atom stereocenters. The van der Waals surface area contributed by atoms with Crippen LogP contribution in [0.5, 0.6) is 0 Å². The van der Waals surface area contributed by atoms with E-state index in [-0.39, 0.29) is 11.8 Å². The third-order valence-electron chi connectivity index (χ3n) is 5.46. The Morgan fingerprint density at radius 3 is 2.22 bits per heavy atom. The molecule has 4 rings (SSSR count). The van der Waals surface area contributed by atoms with Crippen LogP contribution in [0.3, 0.4) is 0 Å². The number of nitrogens with zero attached hydrogens (tertiary/aromatic N) is 2. The Morgan fingerprint density at radius 1 is 0.926 bits per heavy atom. The van der Waals surface area contributed by atoms with E-state index in [1.807, 2.05) is 29.2 Å². The lowest BCUT2D eigenvalue weighted by molar-refractivity contribution is -0.135. The lowest BCUT2D eigenvalue weighted by Crippen LogP contribution is -2.53. The normalized spacial score (nSPS) is 18.3. The van der Waals surface area contributed by atoms with Crippen LogP contribution in [-0.2, 0) is 10.2 Å². The maximum atomic E-state index is 13.4. The first-order valence-electron chi connectivity index (χ1n) is 9.10. The second kappa shape index (κ2) is 6.97. The van der Waals surface area contributed by atoms with E-state index in [1.54, 1.807) is 11.0 Å². The molecule has 0 bridgehead atoms. The summed E-state index contributed by atoms with van der Waals surface area (Å²) in [5, 5.41) is 0.636. The van der Waals surface area contributed by atoms with Crippen LogP contribution in [0.25, 0.3) is 0 Å². The van der Waals surface area contributed by atoms with Gasteiger partial charge in [0.05, 0.1) is 5.41 Å². The number of hydrogen-bond acceptors (Lipinski definition) is 2. The summed E-state index contributed by atoms with van der Waals surface area (Å²) in [4.78, 5) is 29.2. The Labute approximate surface area is 162 Å². The molecular weight excluding hydrogens is 367 g/mol. The molecule has 1 saturated heterocycles. The molecule has 27 heavy (non-hydrogen) atoms. The van der Waals surface area contributed by atoms with Crippen LogP contribution in [-0.4, -0.2) is 47.8 Å². The highest BCUT2D eigenvalue weighted by Crippen LogP contribution is 2.50. The monoisotopic (exact) mass is 386 g/mol. The molecule has 4 nitrogen and oxygen atoms in total. The van der Waals surface area contributed by atoms with Gasteiger partial charge in [0, 0.05) is 36.8 Å². The Bertz CT molecular complexity index is 889. The average molecular weight is 387 g/mol. The van der Waals surface area contributed by atoms with Gasteiger partial charge in [0.15, 0.2) is 0 Å². The molecule has 2 amide bonds. The van der Waals surface area contributed by atoms with Crippen molar-refractivity contribution in [2.24, 2.45) is 0 Å². The number of amides is 2. The molecule has 1 aliphatic heterocycles. The Kier molecular flexibility index (Phi) is 4.64. The van der Waals surface area contributed by atoms with Crippen molar-refractivity contribution in [2.75, 3.05) is 26.2 Å². The molecule has 1 saturated carbocycles. The van der Waals surface area contributed by atoms with Gasteiger partial charge in [0.2, 0.25) is 5.91 Å². The molecule has 0 aromatic heterocycles. The summed E-state index contributed by atoms with van der Waals surface area (Å²) in [6.07, 6.45) is 1.66. The molecule has 2 fully saturated rings. The van der Waals surface area contributed by atoms with Crippen molar-refractivity contribution < 1.29 is 14.0 Å². The van der Waals surface area contributed by atoms with Gasteiger partial charge in [0.25, 0.3) is 5.91 Å². The molecular formula is C21H20ClFN2O2. The third-order valence-corrected chi connectivity index (χ3v) is 5.70. The molecule has 0 radical (unpaired) electrons. The zero-order chi connectivity index (χ0) is 19.0. The van der Waals surface area contributed by atoms with Crippen LogP contribution in [0, 0.1) is 5.82 Å². The minimum Gasteiger partial charge on any atom is -0.338 e. The van der Waals surface area contributed by atoms with Crippen molar-refractivity contribution in [3.05, 3.63) is 70.5 Å². The molecule has 0 spiro atoms. The van der Waals surface area contributed by atoms with E-state index in [0.29, 0.717) is 36.8 Å². The van der Waals surface area contributed by atoms with Crippen molar-refractivity contribution in [1.29, 1.82) is 0 Å². The maximum Gasteiger partial charge on any atom is 0.254 e. The van der Waals surface area contributed by atoms with Crippen LogP contribution in [0.1, 0.15) is 28.8 Å². The highest BCUT2D eigenvalue weighted by atomic mass is 35.5. The highest BCUT2D eigenvalue weighted by molar-refractivity contribution is 6.30. The average Bonchev–Trinajstić information content (AvgIpc) is 3.49. The fourth-order valence-electron chi connectivity index (χ4n) is 3.76. The zero-order valence-electron chi connectivity index (χ0n) is 14.8. The van der Waals surface area contributed by atoms with E-state index in [0.717, 1.165) is 18.4 Å². The summed E-state index contributed by atoms with van der Waals surface area (Å²) in [7, 11) is 0. The Balaban J connectivity index is 1.42. The first-order chi connectivity index (χ1) is 13.0. The summed E-state index contributed by atoms with van der Waals surface area (Å²) >= 11 is 6.10. The fraction of sp³-hybridized carbons (Fsp3) is 0.333. The second-order valence-corrected chi connectivity index (χ2v) is 7.62. The Morgan fingerprint density at radius 2 is 1.59 bits per heavy atom. The van der Waals surface area contributed by atoms with Gasteiger partial charge >= 0.3 is 0 Å². The Hall–Kier alpha value is -2.40. The van der Waals surface area contributed by atoms with Crippen molar-refractivity contribution in [2.45, 2.75) is 18.3 Å². The SMILES string of the molecule is O=C(c1cccc(F)c1)N1CCN(C(=O)C2(c3cccc(Cl)c3)CC2)CC1. The molecule has 2 aromatic rings. The van der Waals surface area contributed by atoms with E-state index in [1.165, 1.54) is 18.2 Å². The van der Waals surface area contributed by atoms with E-state index in [4.69, 9.17) is 11.6 Å². The van der Waals surface area contributed by atoms with Crippen LogP contribution in [0.4, 0.5) is 4.39 Å². The van der Waals surface area contributed by atoms with Crippen LogP contribution in [0.15, 0.2) is 48.5 Å². The van der Waals surface area contributed by atoms with Crippen molar-refractivity contribution >= 4 is 23.4 Å². The molecule has 2 aliphatic rings. The predicted octanol–water partition coefficient (Wildman–Crippen LogP) is 3.50. The number of carbonyl (C=O) groups is 2. The molecule has 1 heterocycles. The molecule has 1 aliphatic carbocycles. The van der Waals surface area contributed by atoms with E-state index in [2.05, 4.69) is 0 Å². The van der Waals surface area contributed by atoms with Gasteiger partial charge in [-0.3, -0.25) is 9.59 Å². The van der Waals surface area contributed by atoms with Crippen LogP contribution >= 0.6 is 11.6 Å². The van der Waals surface area contributed by atoms with Gasteiger partial charge in [-0.15, -0.1) is 0 Å². The maximum absolute atomic E-state index is 13.4. The zero-order valence-corrected chi connectivity index (χ0v) is 15.6. The van der Waals surface area contributed by atoms with E-state index in [9.17, 15) is 14.0 Å². The van der Waals surface area contributed by atoms with Crippen molar-refractivity contribution in [3.8, 4) is 0 Å². The fourth-order valence-corrected chi connectivity index (χ4v) is 3.95. The molecule has 0 unspecified atom stereocenters. The van der Waals surface area contributed by atoms with Crippen LogP contribution < -0.4 is 0 Å². The minimum atomic E-state index is -0.459. The van der Waals surface area contributed by atoms with Gasteiger partial charge in [0.1, 0.15) is 5.82 Å². The van der Waals surface area contributed by atoms with Crippen LogP contribution in [0.2, 0.25) is 5.02 Å². The highest BCUT2D eigenvalue weighted by Gasteiger charge is 2.53. The number of benzene rings is 2. The molecule has 6 heteroatoms. The lowest BCUT2D eigenvalue weighted by Gasteiger charge is -2.36. The largest absolute Gasteiger partial charge is 0.338 e. The third kappa shape index (κ3) is 3.44. The second-order valence-electron chi connectivity index (χ2n) is 7.19. The number of halogens is 2. The molecule has 2 aromatic carbocycles. The standard InChI is InChI=1S/C21H20ClFN2O2/c22-17-5-2-4-16(14-17)21(7-8-21)20(27)25-11-9-24(10-12-25)19(26)15-3-1-6-18(23)13-15/h1-6,13-14H,7-12H2. The summed E-state index contributed by atoms with van der Waals surface area (Å²) in [5.41, 5.74) is 0.852. The quantitative estimate of drug-likeness (QED) is 0.810. The summed E-state index contributed by atoms with van der Waals surface area (Å²) in [6, 6.07) is 13.2. The van der Waals surface area contributed by atoms with Gasteiger partial charge < -0.3 is 9.80 Å². The van der Waals surface area contributed by atoms with Gasteiger partial charge in [-0.05, 0) is 48.7 Å². The predicted molar refractivity (Wildman–Crippen MR) is 101 cm³/mol. The summed E-state index contributed by atoms with van der Waals surface area (Å²) in [6.45, 7) is 1.88. The summed E-state index contributed by atoms with van der Waals surface area (Å²) < 4.78 is 13.4. The van der Waals surface area contributed by atoms with E-state index < -0.39 is 11.2 Å². The lowest BCUT2D eigenvalue weighted by atomic mass is 9.94. The van der Waals surface area contributed by atoms with Gasteiger partial charge in [-0.2, -0.15) is 0 Å². The topological polar surface area (TPSA) is 40.6 Å². The van der Waals surface area contributed by atoms with E-state index >= 15 is 0 Å². The number of rotatable bonds is 3. The minimum absolute atomic E-state index is 0.114. The number of hydrogen-bond donors (Lipinski definition) is 0.